The zero-order chi connectivity index (χ0) is 13.2. The third-order valence-electron chi connectivity index (χ3n) is 2.46. The second kappa shape index (κ2) is 4.59. The van der Waals surface area contributed by atoms with Gasteiger partial charge in [-0.1, -0.05) is 5.16 Å². The molecule has 18 heavy (non-hydrogen) atoms. The molecule has 0 unspecified atom stereocenters. The van der Waals surface area contributed by atoms with E-state index in [-0.39, 0.29) is 5.89 Å². The highest BCUT2D eigenvalue weighted by molar-refractivity contribution is 5.80. The van der Waals surface area contributed by atoms with Crippen LogP contribution in [0, 0.1) is 0 Å². The summed E-state index contributed by atoms with van der Waals surface area (Å²) in [7, 11) is 0. The van der Waals surface area contributed by atoms with Crippen LogP contribution < -0.4 is 0 Å². The number of carbonyl (C=O) groups excluding carboxylic acids is 1. The Balaban J connectivity index is 2.27. The van der Waals surface area contributed by atoms with E-state index in [4.69, 9.17) is 9.26 Å². The molecule has 0 atom stereocenters. The van der Waals surface area contributed by atoms with Crippen LogP contribution in [0.3, 0.4) is 0 Å². The normalized spacial score (nSPS) is 11.5. The first-order valence-electron chi connectivity index (χ1n) is 5.57. The zero-order valence-corrected chi connectivity index (χ0v) is 10.4. The summed E-state index contributed by atoms with van der Waals surface area (Å²) in [5.41, 5.74) is -0.978. The highest BCUT2D eigenvalue weighted by atomic mass is 16.5. The minimum Gasteiger partial charge on any atom is -0.465 e. The molecular weight excluding hydrogens is 236 g/mol. The van der Waals surface area contributed by atoms with Gasteiger partial charge in [-0.05, 0) is 20.8 Å². The molecule has 7 heteroatoms. The molecule has 2 aromatic rings. The van der Waals surface area contributed by atoms with Crippen LogP contribution in [0.2, 0.25) is 0 Å². The van der Waals surface area contributed by atoms with Crippen molar-refractivity contribution in [2.75, 3.05) is 6.61 Å². The number of imidazole rings is 1. The molecule has 2 rings (SSSR count). The van der Waals surface area contributed by atoms with Gasteiger partial charge >= 0.3 is 5.97 Å². The first-order chi connectivity index (χ1) is 8.55. The van der Waals surface area contributed by atoms with Crippen molar-refractivity contribution >= 4 is 5.97 Å². The summed E-state index contributed by atoms with van der Waals surface area (Å²) in [4.78, 5) is 22.8. The van der Waals surface area contributed by atoms with Crippen molar-refractivity contribution in [3.8, 4) is 11.6 Å². The van der Waals surface area contributed by atoms with Crippen molar-refractivity contribution < 1.29 is 14.1 Å². The van der Waals surface area contributed by atoms with Crippen molar-refractivity contribution in [1.29, 1.82) is 0 Å². The molecule has 0 aliphatic rings. The van der Waals surface area contributed by atoms with Gasteiger partial charge in [0.2, 0.25) is 11.7 Å². The van der Waals surface area contributed by atoms with Crippen LogP contribution in [0.25, 0.3) is 11.6 Å². The van der Waals surface area contributed by atoms with E-state index in [1.165, 1.54) is 0 Å². The molecule has 0 bridgehead atoms. The first kappa shape index (κ1) is 12.3. The summed E-state index contributed by atoms with van der Waals surface area (Å²) in [5, 5.41) is 3.78. The molecule has 0 saturated carbocycles. The third kappa shape index (κ3) is 2.11. The van der Waals surface area contributed by atoms with Crippen LogP contribution >= 0.6 is 0 Å². The Labute approximate surface area is 104 Å². The van der Waals surface area contributed by atoms with E-state index in [9.17, 15) is 4.79 Å². The molecule has 0 aliphatic carbocycles. The number of aromatic nitrogens is 4. The maximum atomic E-state index is 11.8. The minimum atomic E-state index is -0.978. The number of esters is 1. The Morgan fingerprint density at radius 2 is 2.33 bits per heavy atom. The molecule has 7 nitrogen and oxygen atoms in total. The van der Waals surface area contributed by atoms with Crippen molar-refractivity contribution in [2.24, 2.45) is 0 Å². The van der Waals surface area contributed by atoms with Crippen molar-refractivity contribution in [1.82, 2.24) is 20.1 Å². The Kier molecular flexibility index (Phi) is 3.14. The standard InChI is InChI=1S/C11H14N4O3/c1-4-17-10(16)11(2,3)9-14-8(15-18-9)7-12-5-6-13-7/h5-6H,4H2,1-3H3,(H,12,13). The topological polar surface area (TPSA) is 93.9 Å². The number of ether oxygens (including phenoxy) is 1. The predicted octanol–water partition coefficient (Wildman–Crippen LogP) is 1.30. The number of hydrogen-bond donors (Lipinski definition) is 1. The van der Waals surface area contributed by atoms with Gasteiger partial charge in [0.25, 0.3) is 0 Å². The first-order valence-corrected chi connectivity index (χ1v) is 5.57. The lowest BCUT2D eigenvalue weighted by Gasteiger charge is -2.16. The van der Waals surface area contributed by atoms with E-state index >= 15 is 0 Å². The van der Waals surface area contributed by atoms with Crippen LogP contribution in [0.1, 0.15) is 26.7 Å². The monoisotopic (exact) mass is 250 g/mol. The lowest BCUT2D eigenvalue weighted by atomic mass is 9.94. The van der Waals surface area contributed by atoms with Gasteiger partial charge in [-0.3, -0.25) is 4.79 Å². The van der Waals surface area contributed by atoms with Gasteiger partial charge in [0.15, 0.2) is 5.82 Å². The molecule has 0 aromatic carbocycles. The van der Waals surface area contributed by atoms with Gasteiger partial charge in [-0.2, -0.15) is 4.98 Å². The Morgan fingerprint density at radius 3 is 2.94 bits per heavy atom. The number of carbonyl (C=O) groups is 1. The molecule has 0 spiro atoms. The van der Waals surface area contributed by atoms with Crippen LogP contribution in [0.4, 0.5) is 0 Å². The molecule has 0 amide bonds. The Hall–Kier alpha value is -2.18. The molecular formula is C11H14N4O3. The lowest BCUT2D eigenvalue weighted by molar-refractivity contribution is -0.149. The number of rotatable bonds is 4. The quantitative estimate of drug-likeness (QED) is 0.822. The van der Waals surface area contributed by atoms with E-state index in [1.54, 1.807) is 33.2 Å². The highest BCUT2D eigenvalue weighted by Crippen LogP contribution is 2.24. The summed E-state index contributed by atoms with van der Waals surface area (Å²) < 4.78 is 10.1. The molecule has 0 aliphatic heterocycles. The smallest absolute Gasteiger partial charge is 0.321 e. The van der Waals surface area contributed by atoms with Gasteiger partial charge in [-0.15, -0.1) is 0 Å². The van der Waals surface area contributed by atoms with Gasteiger partial charge in [0.1, 0.15) is 5.41 Å². The number of aromatic amines is 1. The number of nitrogens with one attached hydrogen (secondary N) is 1. The lowest BCUT2D eigenvalue weighted by Crippen LogP contribution is -2.31. The average molecular weight is 250 g/mol. The fourth-order valence-electron chi connectivity index (χ4n) is 1.36. The fourth-order valence-corrected chi connectivity index (χ4v) is 1.36. The van der Waals surface area contributed by atoms with E-state index in [2.05, 4.69) is 20.1 Å². The van der Waals surface area contributed by atoms with E-state index < -0.39 is 11.4 Å². The second-order valence-corrected chi connectivity index (χ2v) is 4.21. The SMILES string of the molecule is CCOC(=O)C(C)(C)c1nc(-c2ncc[nH]2)no1. The van der Waals surface area contributed by atoms with Gasteiger partial charge in [-0.25, -0.2) is 4.98 Å². The van der Waals surface area contributed by atoms with Crippen molar-refractivity contribution in [3.63, 3.8) is 0 Å². The molecule has 96 valence electrons. The Morgan fingerprint density at radius 1 is 1.56 bits per heavy atom. The number of nitrogens with zero attached hydrogens (tertiary/aromatic N) is 3. The molecule has 0 saturated heterocycles. The zero-order valence-electron chi connectivity index (χ0n) is 10.4. The van der Waals surface area contributed by atoms with Gasteiger partial charge in [0, 0.05) is 12.4 Å². The molecule has 2 heterocycles. The molecule has 1 N–H and O–H groups in total. The fraction of sp³-hybridized carbons (Fsp3) is 0.455. The van der Waals surface area contributed by atoms with Gasteiger partial charge < -0.3 is 14.2 Å². The highest BCUT2D eigenvalue weighted by Gasteiger charge is 2.37. The summed E-state index contributed by atoms with van der Waals surface area (Å²) in [6.07, 6.45) is 3.24. The third-order valence-corrected chi connectivity index (χ3v) is 2.46. The van der Waals surface area contributed by atoms with Crippen LogP contribution in [-0.2, 0) is 14.9 Å². The summed E-state index contributed by atoms with van der Waals surface area (Å²) in [6, 6.07) is 0. The van der Waals surface area contributed by atoms with Crippen molar-refractivity contribution in [3.05, 3.63) is 18.3 Å². The maximum absolute atomic E-state index is 11.8. The second-order valence-electron chi connectivity index (χ2n) is 4.21. The van der Waals surface area contributed by atoms with E-state index in [0.717, 1.165) is 0 Å². The summed E-state index contributed by atoms with van der Waals surface area (Å²) in [6.45, 7) is 5.40. The number of hydrogen-bond acceptors (Lipinski definition) is 6. The molecule has 2 aromatic heterocycles. The summed E-state index contributed by atoms with van der Waals surface area (Å²) in [5.74, 6) is 0.601. The predicted molar refractivity (Wildman–Crippen MR) is 61.5 cm³/mol. The molecule has 0 fully saturated rings. The minimum absolute atomic E-state index is 0.201. The number of H-pyrrole nitrogens is 1. The van der Waals surface area contributed by atoms with Crippen LogP contribution in [-0.4, -0.2) is 32.7 Å². The maximum Gasteiger partial charge on any atom is 0.321 e. The summed E-state index contributed by atoms with van der Waals surface area (Å²) >= 11 is 0. The van der Waals surface area contributed by atoms with E-state index in [0.29, 0.717) is 18.3 Å². The van der Waals surface area contributed by atoms with Crippen LogP contribution in [0.5, 0.6) is 0 Å². The average Bonchev–Trinajstić information content (AvgIpc) is 3.00. The largest absolute Gasteiger partial charge is 0.465 e. The van der Waals surface area contributed by atoms with E-state index in [1.807, 2.05) is 0 Å². The van der Waals surface area contributed by atoms with Crippen molar-refractivity contribution in [2.45, 2.75) is 26.2 Å². The molecule has 0 radical (unpaired) electrons. The Bertz CT molecular complexity index is 530. The van der Waals surface area contributed by atoms with Crippen LogP contribution in [0.15, 0.2) is 16.9 Å². The van der Waals surface area contributed by atoms with Gasteiger partial charge in [0.05, 0.1) is 6.61 Å².